The van der Waals surface area contributed by atoms with Crippen LogP contribution in [-0.2, 0) is 13.0 Å². The van der Waals surface area contributed by atoms with Gasteiger partial charge in [0.15, 0.2) is 0 Å². The number of nitrogens with two attached hydrogens (primary N) is 1. The topological polar surface area (TPSA) is 68.4 Å². The van der Waals surface area contributed by atoms with Gasteiger partial charge in [-0.25, -0.2) is 4.98 Å². The normalized spacial score (nSPS) is 10.3. The fourth-order valence-electron chi connectivity index (χ4n) is 1.72. The van der Waals surface area contributed by atoms with Crippen molar-refractivity contribution in [3.8, 4) is 5.75 Å². The van der Waals surface area contributed by atoms with Crippen molar-refractivity contribution in [2.24, 2.45) is 0 Å². The first kappa shape index (κ1) is 12.4. The zero-order chi connectivity index (χ0) is 12.8. The number of pyridine rings is 1. The van der Waals surface area contributed by atoms with Crippen molar-refractivity contribution in [3.63, 3.8) is 0 Å². The van der Waals surface area contributed by atoms with Gasteiger partial charge in [-0.2, -0.15) is 0 Å². The van der Waals surface area contributed by atoms with Gasteiger partial charge in [0.2, 0.25) is 0 Å². The third-order valence-electron chi connectivity index (χ3n) is 2.59. The quantitative estimate of drug-likeness (QED) is 0.841. The molecule has 1 aromatic carbocycles. The van der Waals surface area contributed by atoms with E-state index in [-0.39, 0.29) is 6.61 Å². The highest BCUT2D eigenvalue weighted by molar-refractivity contribution is 5.35. The van der Waals surface area contributed by atoms with Gasteiger partial charge in [0.1, 0.15) is 18.2 Å². The van der Waals surface area contributed by atoms with Gasteiger partial charge in [0.25, 0.3) is 0 Å². The molecule has 0 unspecified atom stereocenters. The van der Waals surface area contributed by atoms with Gasteiger partial charge in [-0.05, 0) is 35.7 Å². The van der Waals surface area contributed by atoms with E-state index < -0.39 is 0 Å². The molecule has 0 bridgehead atoms. The van der Waals surface area contributed by atoms with Crippen molar-refractivity contribution in [2.75, 3.05) is 12.3 Å². The largest absolute Gasteiger partial charge is 0.489 e. The van der Waals surface area contributed by atoms with Crippen LogP contribution in [0, 0.1) is 0 Å². The lowest BCUT2D eigenvalue weighted by Crippen LogP contribution is -2.01. The zero-order valence-corrected chi connectivity index (χ0v) is 10.0. The molecule has 0 saturated carbocycles. The summed E-state index contributed by atoms with van der Waals surface area (Å²) in [4.78, 5) is 3.93. The summed E-state index contributed by atoms with van der Waals surface area (Å²) in [7, 11) is 0. The molecule has 0 radical (unpaired) electrons. The number of para-hydroxylation sites is 1. The van der Waals surface area contributed by atoms with Crippen molar-refractivity contribution in [1.29, 1.82) is 0 Å². The number of aliphatic hydroxyl groups excluding tert-OH is 1. The lowest BCUT2D eigenvalue weighted by atomic mass is 10.1. The monoisotopic (exact) mass is 244 g/mol. The first-order valence-electron chi connectivity index (χ1n) is 5.81. The number of ether oxygens (including phenoxy) is 1. The van der Waals surface area contributed by atoms with Gasteiger partial charge in [-0.15, -0.1) is 0 Å². The van der Waals surface area contributed by atoms with Crippen LogP contribution in [0.5, 0.6) is 5.75 Å². The van der Waals surface area contributed by atoms with Crippen LogP contribution in [0.25, 0.3) is 0 Å². The van der Waals surface area contributed by atoms with Crippen LogP contribution < -0.4 is 10.5 Å². The van der Waals surface area contributed by atoms with Gasteiger partial charge >= 0.3 is 0 Å². The summed E-state index contributed by atoms with van der Waals surface area (Å²) in [5.41, 5.74) is 7.58. The lowest BCUT2D eigenvalue weighted by molar-refractivity contribution is 0.284. The first-order valence-corrected chi connectivity index (χ1v) is 5.81. The average Bonchev–Trinajstić information content (AvgIpc) is 2.38. The molecule has 0 aliphatic carbocycles. The minimum absolute atomic E-state index is 0.114. The van der Waals surface area contributed by atoms with Crippen LogP contribution in [0.15, 0.2) is 42.6 Å². The Labute approximate surface area is 106 Å². The van der Waals surface area contributed by atoms with Crippen molar-refractivity contribution >= 4 is 5.82 Å². The zero-order valence-electron chi connectivity index (χ0n) is 10.0. The van der Waals surface area contributed by atoms with E-state index in [2.05, 4.69) is 4.98 Å². The predicted molar refractivity (Wildman–Crippen MR) is 70.2 cm³/mol. The molecule has 0 spiro atoms. The number of hydrogen-bond donors (Lipinski definition) is 2. The van der Waals surface area contributed by atoms with Crippen molar-refractivity contribution in [1.82, 2.24) is 4.98 Å². The van der Waals surface area contributed by atoms with E-state index in [0.29, 0.717) is 18.8 Å². The summed E-state index contributed by atoms with van der Waals surface area (Å²) >= 11 is 0. The Hall–Kier alpha value is -2.07. The highest BCUT2D eigenvalue weighted by atomic mass is 16.5. The Kier molecular flexibility index (Phi) is 4.15. The fourth-order valence-corrected chi connectivity index (χ4v) is 1.72. The van der Waals surface area contributed by atoms with E-state index in [4.69, 9.17) is 15.6 Å². The van der Waals surface area contributed by atoms with Gasteiger partial charge in [-0.1, -0.05) is 18.2 Å². The van der Waals surface area contributed by atoms with E-state index >= 15 is 0 Å². The van der Waals surface area contributed by atoms with Crippen LogP contribution in [0.1, 0.15) is 11.1 Å². The molecule has 0 saturated heterocycles. The van der Waals surface area contributed by atoms with Gasteiger partial charge < -0.3 is 15.6 Å². The number of nitrogen functional groups attached to an aromatic ring is 1. The molecule has 2 aromatic rings. The second-order valence-electron chi connectivity index (χ2n) is 3.96. The summed E-state index contributed by atoms with van der Waals surface area (Å²) in [5.74, 6) is 1.28. The lowest BCUT2D eigenvalue weighted by Gasteiger charge is -2.10. The van der Waals surface area contributed by atoms with Crippen molar-refractivity contribution in [3.05, 3.63) is 53.7 Å². The second-order valence-corrected chi connectivity index (χ2v) is 3.96. The highest BCUT2D eigenvalue weighted by Gasteiger charge is 2.03. The molecule has 4 heteroatoms. The molecular formula is C14H16N2O2. The van der Waals surface area contributed by atoms with Crippen molar-refractivity contribution < 1.29 is 9.84 Å². The summed E-state index contributed by atoms with van der Waals surface area (Å²) in [5, 5.41) is 8.99. The molecular weight excluding hydrogens is 228 g/mol. The third-order valence-corrected chi connectivity index (χ3v) is 2.59. The van der Waals surface area contributed by atoms with Gasteiger partial charge in [0, 0.05) is 12.8 Å². The van der Waals surface area contributed by atoms with Crippen LogP contribution >= 0.6 is 0 Å². The van der Waals surface area contributed by atoms with E-state index in [9.17, 15) is 0 Å². The third kappa shape index (κ3) is 3.21. The standard InChI is InChI=1S/C14H16N2O2/c15-14-9-11(5-7-16-14)10-18-13-4-2-1-3-12(13)6-8-17/h1-5,7,9,17H,6,8,10H2,(H2,15,16). The number of nitrogens with zero attached hydrogens (tertiary/aromatic N) is 1. The van der Waals surface area contributed by atoms with E-state index in [1.165, 1.54) is 0 Å². The molecule has 0 aliphatic rings. The SMILES string of the molecule is Nc1cc(COc2ccccc2CCO)ccn1. The predicted octanol–water partition coefficient (Wildman–Crippen LogP) is 1.78. The van der Waals surface area contributed by atoms with Gasteiger partial charge in [0.05, 0.1) is 0 Å². The molecule has 0 aliphatic heterocycles. The molecule has 0 atom stereocenters. The van der Waals surface area contributed by atoms with Crippen LogP contribution in [0.2, 0.25) is 0 Å². The Morgan fingerprint density at radius 3 is 2.83 bits per heavy atom. The molecule has 18 heavy (non-hydrogen) atoms. The Balaban J connectivity index is 2.06. The van der Waals surface area contributed by atoms with Crippen molar-refractivity contribution in [2.45, 2.75) is 13.0 Å². The number of aliphatic hydroxyl groups is 1. The molecule has 0 amide bonds. The maximum atomic E-state index is 8.99. The molecule has 4 nitrogen and oxygen atoms in total. The fraction of sp³-hybridized carbons (Fsp3) is 0.214. The average molecular weight is 244 g/mol. The maximum Gasteiger partial charge on any atom is 0.123 e. The number of hydrogen-bond acceptors (Lipinski definition) is 4. The summed E-state index contributed by atoms with van der Waals surface area (Å²) in [6, 6.07) is 11.3. The molecule has 3 N–H and O–H groups in total. The minimum Gasteiger partial charge on any atom is -0.489 e. The minimum atomic E-state index is 0.114. The van der Waals surface area contributed by atoms with Crippen LogP contribution in [-0.4, -0.2) is 16.7 Å². The Morgan fingerprint density at radius 1 is 1.22 bits per heavy atom. The number of benzene rings is 1. The van der Waals surface area contributed by atoms with Crippen LogP contribution in [0.4, 0.5) is 5.82 Å². The maximum absolute atomic E-state index is 8.99. The van der Waals surface area contributed by atoms with Crippen LogP contribution in [0.3, 0.4) is 0 Å². The smallest absolute Gasteiger partial charge is 0.123 e. The number of anilines is 1. The summed E-state index contributed by atoms with van der Waals surface area (Å²) in [6.07, 6.45) is 2.25. The molecule has 1 aromatic heterocycles. The molecule has 1 heterocycles. The second kappa shape index (κ2) is 6.02. The Bertz CT molecular complexity index is 515. The molecule has 94 valence electrons. The van der Waals surface area contributed by atoms with Gasteiger partial charge in [-0.3, -0.25) is 0 Å². The number of aromatic nitrogens is 1. The van der Waals surface area contributed by atoms with E-state index in [1.54, 1.807) is 12.3 Å². The number of rotatable bonds is 5. The Morgan fingerprint density at radius 2 is 2.06 bits per heavy atom. The first-order chi connectivity index (χ1) is 8.79. The molecule has 0 fully saturated rings. The highest BCUT2D eigenvalue weighted by Crippen LogP contribution is 2.19. The summed E-state index contributed by atoms with van der Waals surface area (Å²) < 4.78 is 5.74. The summed E-state index contributed by atoms with van der Waals surface area (Å²) in [6.45, 7) is 0.553. The molecule has 2 rings (SSSR count). The van der Waals surface area contributed by atoms with E-state index in [1.807, 2.05) is 30.3 Å². The van der Waals surface area contributed by atoms with E-state index in [0.717, 1.165) is 16.9 Å².